The third kappa shape index (κ3) is 8.13. The molecule has 0 bridgehead atoms. The number of hydrogen-bond donors (Lipinski definition) is 1. The maximum absolute atomic E-state index is 13.3. The van der Waals surface area contributed by atoms with E-state index < -0.39 is 16.1 Å². The maximum atomic E-state index is 13.3. The molecule has 0 aliphatic carbocycles. The Kier molecular flexibility index (Phi) is 10.6. The number of amides is 2. The molecule has 0 saturated carbocycles. The number of anilines is 1. The van der Waals surface area contributed by atoms with Gasteiger partial charge in [0.25, 0.3) is 0 Å². The lowest BCUT2D eigenvalue weighted by atomic mass is 10.1. The van der Waals surface area contributed by atoms with Gasteiger partial charge in [-0.1, -0.05) is 35.9 Å². The molecule has 0 fully saturated rings. The van der Waals surface area contributed by atoms with Gasteiger partial charge < -0.3 is 15.0 Å². The third-order valence-corrected chi connectivity index (χ3v) is 7.27. The molecule has 198 valence electrons. The predicted molar refractivity (Wildman–Crippen MR) is 144 cm³/mol. The molecule has 0 spiro atoms. The number of hydrogen-bond acceptors (Lipinski definition) is 5. The summed E-state index contributed by atoms with van der Waals surface area (Å²) in [6.07, 6.45) is 1.44. The third-order valence-electron chi connectivity index (χ3n) is 5.78. The molecule has 36 heavy (non-hydrogen) atoms. The molecule has 0 heterocycles. The van der Waals surface area contributed by atoms with E-state index in [0.717, 1.165) is 17.4 Å². The molecule has 0 aliphatic rings. The highest BCUT2D eigenvalue weighted by molar-refractivity contribution is 7.92. The first kappa shape index (κ1) is 29.5. The summed E-state index contributed by atoms with van der Waals surface area (Å²) in [5.74, 6) is -0.0343. The quantitative estimate of drug-likeness (QED) is 0.439. The number of methoxy groups -OCH3 is 1. The summed E-state index contributed by atoms with van der Waals surface area (Å²) in [4.78, 5) is 27.6. The van der Waals surface area contributed by atoms with Crippen LogP contribution in [0, 0.1) is 6.92 Å². The van der Waals surface area contributed by atoms with Crippen molar-refractivity contribution < 1.29 is 22.7 Å². The van der Waals surface area contributed by atoms with E-state index in [1.807, 2.05) is 45.0 Å². The molecule has 1 N–H and O–H groups in total. The number of halogens is 1. The van der Waals surface area contributed by atoms with Crippen molar-refractivity contribution in [2.24, 2.45) is 0 Å². The zero-order valence-electron chi connectivity index (χ0n) is 21.7. The van der Waals surface area contributed by atoms with Crippen molar-refractivity contribution in [1.29, 1.82) is 0 Å². The number of carbonyl (C=O) groups excluding carboxylic acids is 2. The van der Waals surface area contributed by atoms with Gasteiger partial charge in [-0.2, -0.15) is 0 Å². The van der Waals surface area contributed by atoms with E-state index in [2.05, 4.69) is 5.32 Å². The van der Waals surface area contributed by atoms with Crippen LogP contribution in [0.3, 0.4) is 0 Å². The minimum Gasteiger partial charge on any atom is -0.495 e. The van der Waals surface area contributed by atoms with E-state index >= 15 is 0 Å². The summed E-state index contributed by atoms with van der Waals surface area (Å²) in [5.41, 5.74) is 2.35. The van der Waals surface area contributed by atoms with Gasteiger partial charge in [-0.25, -0.2) is 8.42 Å². The van der Waals surface area contributed by atoms with Crippen LogP contribution in [0.1, 0.15) is 44.7 Å². The molecular formula is C26H36ClN3O5S. The lowest BCUT2D eigenvalue weighted by molar-refractivity contribution is -0.140. The monoisotopic (exact) mass is 537 g/mol. The first-order valence-electron chi connectivity index (χ1n) is 11.8. The number of sulfonamides is 1. The molecule has 0 saturated heterocycles. The highest BCUT2D eigenvalue weighted by Crippen LogP contribution is 2.30. The Hall–Kier alpha value is -2.78. The lowest BCUT2D eigenvalue weighted by Crippen LogP contribution is -2.49. The Labute approximate surface area is 219 Å². The van der Waals surface area contributed by atoms with Gasteiger partial charge in [0.2, 0.25) is 21.8 Å². The van der Waals surface area contributed by atoms with Crippen LogP contribution in [0.2, 0.25) is 5.02 Å². The fourth-order valence-corrected chi connectivity index (χ4v) is 4.98. The second kappa shape index (κ2) is 13.0. The molecule has 8 nitrogen and oxygen atoms in total. The van der Waals surface area contributed by atoms with Crippen LogP contribution in [0.25, 0.3) is 0 Å². The number of aryl methyl sites for hydroxylation is 1. The van der Waals surface area contributed by atoms with Crippen LogP contribution in [-0.2, 0) is 26.2 Å². The summed E-state index contributed by atoms with van der Waals surface area (Å²) in [5, 5.41) is 3.15. The van der Waals surface area contributed by atoms with Crippen molar-refractivity contribution in [3.05, 3.63) is 58.6 Å². The van der Waals surface area contributed by atoms with Crippen molar-refractivity contribution >= 4 is 39.1 Å². The second-order valence-corrected chi connectivity index (χ2v) is 11.4. The van der Waals surface area contributed by atoms with E-state index in [1.54, 1.807) is 24.0 Å². The van der Waals surface area contributed by atoms with Crippen molar-refractivity contribution in [2.75, 3.05) is 24.2 Å². The van der Waals surface area contributed by atoms with Gasteiger partial charge in [-0.05, 0) is 63.4 Å². The number of nitrogens with zero attached hydrogens (tertiary/aromatic N) is 2. The first-order valence-corrected chi connectivity index (χ1v) is 14.0. The van der Waals surface area contributed by atoms with Crippen LogP contribution >= 0.6 is 11.6 Å². The lowest BCUT2D eigenvalue weighted by Gasteiger charge is -2.30. The Balaban J connectivity index is 2.20. The number of nitrogens with one attached hydrogen (secondary N) is 1. The summed E-state index contributed by atoms with van der Waals surface area (Å²) in [6, 6.07) is 11.7. The number of benzene rings is 2. The minimum absolute atomic E-state index is 0.0602. The van der Waals surface area contributed by atoms with Crippen molar-refractivity contribution in [1.82, 2.24) is 10.2 Å². The van der Waals surface area contributed by atoms with Gasteiger partial charge in [-0.15, -0.1) is 0 Å². The van der Waals surface area contributed by atoms with Crippen molar-refractivity contribution in [2.45, 2.75) is 59.2 Å². The van der Waals surface area contributed by atoms with Crippen LogP contribution in [0.4, 0.5) is 5.69 Å². The number of carbonyl (C=O) groups is 2. The Bertz CT molecular complexity index is 1170. The summed E-state index contributed by atoms with van der Waals surface area (Å²) < 4.78 is 31.3. The molecule has 2 aromatic rings. The smallest absolute Gasteiger partial charge is 0.242 e. The van der Waals surface area contributed by atoms with Crippen LogP contribution < -0.4 is 14.4 Å². The van der Waals surface area contributed by atoms with E-state index in [0.29, 0.717) is 11.4 Å². The molecular weight excluding hydrogens is 502 g/mol. The predicted octanol–water partition coefficient (Wildman–Crippen LogP) is 4.15. The SMILES string of the molecule is COc1ccc(N(CCCC(=O)N(Cc2ccccc2C)[C@H](C)C(=O)NC(C)C)S(C)(=O)=O)cc1Cl. The summed E-state index contributed by atoms with van der Waals surface area (Å²) >= 11 is 6.19. The van der Waals surface area contributed by atoms with Gasteiger partial charge in [0.05, 0.1) is 24.1 Å². The van der Waals surface area contributed by atoms with Crippen molar-refractivity contribution in [3.63, 3.8) is 0 Å². The zero-order chi connectivity index (χ0) is 27.0. The molecule has 0 unspecified atom stereocenters. The number of ether oxygens (including phenoxy) is 1. The minimum atomic E-state index is -3.63. The summed E-state index contributed by atoms with van der Waals surface area (Å²) in [6.45, 7) is 7.75. The fourth-order valence-electron chi connectivity index (χ4n) is 3.77. The fraction of sp³-hybridized carbons (Fsp3) is 0.462. The highest BCUT2D eigenvalue weighted by atomic mass is 35.5. The Morgan fingerprint density at radius 3 is 2.33 bits per heavy atom. The molecule has 1 atom stereocenters. The molecule has 0 aliphatic heterocycles. The average Bonchev–Trinajstić information content (AvgIpc) is 2.79. The van der Waals surface area contributed by atoms with E-state index in [9.17, 15) is 18.0 Å². The van der Waals surface area contributed by atoms with E-state index in [4.69, 9.17) is 16.3 Å². The highest BCUT2D eigenvalue weighted by Gasteiger charge is 2.27. The van der Waals surface area contributed by atoms with E-state index in [-0.39, 0.29) is 48.8 Å². The Morgan fingerprint density at radius 2 is 1.78 bits per heavy atom. The molecule has 10 heteroatoms. The first-order chi connectivity index (χ1) is 16.8. The maximum Gasteiger partial charge on any atom is 0.242 e. The molecule has 0 aromatic heterocycles. The second-order valence-electron chi connectivity index (χ2n) is 9.04. The Morgan fingerprint density at radius 1 is 1.11 bits per heavy atom. The van der Waals surface area contributed by atoms with Gasteiger partial charge >= 0.3 is 0 Å². The zero-order valence-corrected chi connectivity index (χ0v) is 23.3. The van der Waals surface area contributed by atoms with Crippen LogP contribution in [0.15, 0.2) is 42.5 Å². The normalized spacial score (nSPS) is 12.2. The molecule has 0 radical (unpaired) electrons. The molecule has 2 rings (SSSR count). The van der Waals surface area contributed by atoms with Crippen LogP contribution in [0.5, 0.6) is 5.75 Å². The van der Waals surface area contributed by atoms with Crippen LogP contribution in [-0.4, -0.2) is 57.1 Å². The van der Waals surface area contributed by atoms with E-state index in [1.165, 1.54) is 17.5 Å². The largest absolute Gasteiger partial charge is 0.495 e. The van der Waals surface area contributed by atoms with Gasteiger partial charge in [0.1, 0.15) is 11.8 Å². The van der Waals surface area contributed by atoms with Gasteiger partial charge in [0.15, 0.2) is 0 Å². The standard InChI is InChI=1S/C26H36ClN3O5S/c1-18(2)28-26(32)20(4)29(17-21-11-8-7-10-19(21)3)25(31)12-9-15-30(36(6,33)34)22-13-14-24(35-5)23(27)16-22/h7-8,10-11,13-14,16,18,20H,9,12,15,17H2,1-6H3,(H,28,32)/t20-/m1/s1. The average molecular weight is 538 g/mol. The van der Waals surface area contributed by atoms with Gasteiger partial charge in [0, 0.05) is 25.6 Å². The number of rotatable bonds is 12. The summed E-state index contributed by atoms with van der Waals surface area (Å²) in [7, 11) is -2.15. The topological polar surface area (TPSA) is 96.0 Å². The molecule has 2 amide bonds. The molecule has 2 aromatic carbocycles. The van der Waals surface area contributed by atoms with Crippen molar-refractivity contribution in [3.8, 4) is 5.75 Å². The van der Waals surface area contributed by atoms with Gasteiger partial charge in [-0.3, -0.25) is 13.9 Å².